The number of carbonyl (C=O) groups excluding carboxylic acids is 1. The first-order chi connectivity index (χ1) is 9.73. The fraction of sp³-hybridized carbons (Fsp3) is 0.462. The second-order valence-corrected chi connectivity index (χ2v) is 6.85. The standard InChI is InChI=1S/C13H19FN2O4S/c1-3-20-12-8-9(14)4-5-11(12)16-13(17)10(15)6-7-21(2,18)19/h4-5,8,10H,3,6-7,15H2,1-2H3,(H,16,17). The van der Waals surface area contributed by atoms with Gasteiger partial charge >= 0.3 is 0 Å². The molecule has 0 aliphatic heterocycles. The van der Waals surface area contributed by atoms with Crippen LogP contribution in [0.5, 0.6) is 5.75 Å². The molecule has 0 spiro atoms. The molecule has 0 saturated carbocycles. The van der Waals surface area contributed by atoms with Crippen molar-refractivity contribution in [1.29, 1.82) is 0 Å². The van der Waals surface area contributed by atoms with Crippen molar-refractivity contribution in [2.45, 2.75) is 19.4 Å². The average Bonchev–Trinajstić information content (AvgIpc) is 2.38. The summed E-state index contributed by atoms with van der Waals surface area (Å²) in [5, 5.41) is 2.51. The molecule has 6 nitrogen and oxygen atoms in total. The molecule has 1 aromatic rings. The number of halogens is 1. The van der Waals surface area contributed by atoms with E-state index in [0.717, 1.165) is 12.3 Å². The van der Waals surface area contributed by atoms with Crippen LogP contribution >= 0.6 is 0 Å². The summed E-state index contributed by atoms with van der Waals surface area (Å²) >= 11 is 0. The molecule has 0 radical (unpaired) electrons. The van der Waals surface area contributed by atoms with E-state index in [1.54, 1.807) is 6.92 Å². The molecule has 1 amide bonds. The molecule has 0 bridgehead atoms. The third kappa shape index (κ3) is 6.09. The quantitative estimate of drug-likeness (QED) is 0.779. The van der Waals surface area contributed by atoms with Gasteiger partial charge in [0, 0.05) is 12.3 Å². The van der Waals surface area contributed by atoms with E-state index in [0.29, 0.717) is 6.61 Å². The lowest BCUT2D eigenvalue weighted by Crippen LogP contribution is -2.37. The molecule has 1 unspecified atom stereocenters. The molecule has 1 aromatic carbocycles. The fourth-order valence-corrected chi connectivity index (χ4v) is 2.25. The summed E-state index contributed by atoms with van der Waals surface area (Å²) in [6, 6.07) is 2.72. The number of ether oxygens (including phenoxy) is 1. The molecule has 0 aliphatic carbocycles. The zero-order valence-electron chi connectivity index (χ0n) is 11.9. The number of sulfone groups is 1. The molecule has 118 valence electrons. The van der Waals surface area contributed by atoms with Crippen LogP contribution in [0.15, 0.2) is 18.2 Å². The van der Waals surface area contributed by atoms with Gasteiger partial charge in [-0.1, -0.05) is 0 Å². The Hall–Kier alpha value is -1.67. The van der Waals surface area contributed by atoms with E-state index in [9.17, 15) is 17.6 Å². The number of nitrogens with two attached hydrogens (primary N) is 1. The minimum Gasteiger partial charge on any atom is -0.492 e. The molecule has 0 heterocycles. The highest BCUT2D eigenvalue weighted by Gasteiger charge is 2.17. The second kappa shape index (κ2) is 7.37. The van der Waals surface area contributed by atoms with Gasteiger partial charge in [0.05, 0.1) is 24.1 Å². The van der Waals surface area contributed by atoms with Crippen LogP contribution in [0.4, 0.5) is 10.1 Å². The van der Waals surface area contributed by atoms with Gasteiger partial charge in [0.25, 0.3) is 0 Å². The Bertz CT molecular complexity index is 604. The number of rotatable bonds is 7. The lowest BCUT2D eigenvalue weighted by Gasteiger charge is -2.14. The molecular formula is C13H19FN2O4S. The summed E-state index contributed by atoms with van der Waals surface area (Å²) in [7, 11) is -3.18. The van der Waals surface area contributed by atoms with E-state index in [2.05, 4.69) is 5.32 Å². The predicted octanol–water partition coefficient (Wildman–Crippen LogP) is 0.925. The highest BCUT2D eigenvalue weighted by Crippen LogP contribution is 2.25. The fourth-order valence-electron chi connectivity index (χ4n) is 1.57. The van der Waals surface area contributed by atoms with Gasteiger partial charge in [0.15, 0.2) is 0 Å². The number of hydrogen-bond donors (Lipinski definition) is 2. The number of benzene rings is 1. The van der Waals surface area contributed by atoms with Gasteiger partial charge in [-0.25, -0.2) is 12.8 Å². The molecule has 0 aliphatic rings. The first-order valence-electron chi connectivity index (χ1n) is 6.39. The van der Waals surface area contributed by atoms with Gasteiger partial charge < -0.3 is 15.8 Å². The normalized spacial score (nSPS) is 12.8. The molecule has 0 fully saturated rings. The van der Waals surface area contributed by atoms with E-state index in [-0.39, 0.29) is 23.6 Å². The van der Waals surface area contributed by atoms with Gasteiger partial charge in [0.1, 0.15) is 21.4 Å². The largest absolute Gasteiger partial charge is 0.492 e. The van der Waals surface area contributed by atoms with E-state index in [4.69, 9.17) is 10.5 Å². The number of carbonyl (C=O) groups is 1. The summed E-state index contributed by atoms with van der Waals surface area (Å²) in [5.41, 5.74) is 5.92. The smallest absolute Gasteiger partial charge is 0.241 e. The molecule has 0 saturated heterocycles. The minimum atomic E-state index is -3.18. The zero-order chi connectivity index (χ0) is 16.0. The topological polar surface area (TPSA) is 98.5 Å². The van der Waals surface area contributed by atoms with Crippen molar-refractivity contribution in [3.8, 4) is 5.75 Å². The molecule has 1 rings (SSSR count). The Kier molecular flexibility index (Phi) is 6.10. The van der Waals surface area contributed by atoms with Crippen molar-refractivity contribution >= 4 is 21.4 Å². The van der Waals surface area contributed by atoms with Crippen LogP contribution in [0.2, 0.25) is 0 Å². The first kappa shape index (κ1) is 17.4. The average molecular weight is 318 g/mol. The van der Waals surface area contributed by atoms with Crippen molar-refractivity contribution in [1.82, 2.24) is 0 Å². The predicted molar refractivity (Wildman–Crippen MR) is 78.5 cm³/mol. The number of hydrogen-bond acceptors (Lipinski definition) is 5. The van der Waals surface area contributed by atoms with Crippen molar-refractivity contribution in [2.24, 2.45) is 5.73 Å². The summed E-state index contributed by atoms with van der Waals surface area (Å²) in [5.74, 6) is -1.02. The minimum absolute atomic E-state index is 0.00975. The highest BCUT2D eigenvalue weighted by molar-refractivity contribution is 7.90. The maximum atomic E-state index is 13.1. The van der Waals surface area contributed by atoms with E-state index >= 15 is 0 Å². The van der Waals surface area contributed by atoms with Crippen LogP contribution in [-0.4, -0.2) is 39.0 Å². The first-order valence-corrected chi connectivity index (χ1v) is 8.45. The molecular weight excluding hydrogens is 299 g/mol. The number of anilines is 1. The third-order valence-corrected chi connectivity index (χ3v) is 3.62. The van der Waals surface area contributed by atoms with Crippen LogP contribution in [-0.2, 0) is 14.6 Å². The van der Waals surface area contributed by atoms with Gasteiger partial charge in [-0.15, -0.1) is 0 Å². The second-order valence-electron chi connectivity index (χ2n) is 4.59. The Morgan fingerprint density at radius 1 is 1.48 bits per heavy atom. The monoisotopic (exact) mass is 318 g/mol. The van der Waals surface area contributed by atoms with Crippen LogP contribution in [0, 0.1) is 5.82 Å². The number of nitrogens with one attached hydrogen (secondary N) is 1. The van der Waals surface area contributed by atoms with Gasteiger partial charge in [-0.3, -0.25) is 4.79 Å². The van der Waals surface area contributed by atoms with Crippen molar-refractivity contribution in [3.05, 3.63) is 24.0 Å². The van der Waals surface area contributed by atoms with Crippen molar-refractivity contribution in [3.63, 3.8) is 0 Å². The third-order valence-electron chi connectivity index (χ3n) is 2.64. The highest BCUT2D eigenvalue weighted by atomic mass is 32.2. The van der Waals surface area contributed by atoms with Gasteiger partial charge in [0.2, 0.25) is 5.91 Å². The van der Waals surface area contributed by atoms with Crippen LogP contribution < -0.4 is 15.8 Å². The summed E-state index contributed by atoms with van der Waals surface area (Å²) < 4.78 is 40.4. The van der Waals surface area contributed by atoms with Crippen LogP contribution in [0.3, 0.4) is 0 Å². The lowest BCUT2D eigenvalue weighted by atomic mass is 10.2. The molecule has 3 N–H and O–H groups in total. The molecule has 8 heteroatoms. The Balaban J connectivity index is 2.74. The Morgan fingerprint density at radius 3 is 2.71 bits per heavy atom. The van der Waals surface area contributed by atoms with E-state index < -0.39 is 27.6 Å². The van der Waals surface area contributed by atoms with E-state index in [1.165, 1.54) is 12.1 Å². The maximum absolute atomic E-state index is 13.1. The van der Waals surface area contributed by atoms with Crippen LogP contribution in [0.25, 0.3) is 0 Å². The molecule has 0 aromatic heterocycles. The molecule has 21 heavy (non-hydrogen) atoms. The number of amides is 1. The lowest BCUT2D eigenvalue weighted by molar-refractivity contribution is -0.117. The van der Waals surface area contributed by atoms with Crippen LogP contribution in [0.1, 0.15) is 13.3 Å². The maximum Gasteiger partial charge on any atom is 0.241 e. The zero-order valence-corrected chi connectivity index (χ0v) is 12.7. The summed E-state index contributed by atoms with van der Waals surface area (Å²) in [4.78, 5) is 11.9. The van der Waals surface area contributed by atoms with Gasteiger partial charge in [-0.2, -0.15) is 0 Å². The Labute approximate surface area is 123 Å². The van der Waals surface area contributed by atoms with Crippen molar-refractivity contribution < 1.29 is 22.3 Å². The summed E-state index contributed by atoms with van der Waals surface area (Å²) in [6.07, 6.45) is 1.08. The Morgan fingerprint density at radius 2 is 2.14 bits per heavy atom. The summed E-state index contributed by atoms with van der Waals surface area (Å²) in [6.45, 7) is 2.04. The van der Waals surface area contributed by atoms with E-state index in [1.807, 2.05) is 0 Å². The van der Waals surface area contributed by atoms with Gasteiger partial charge in [-0.05, 0) is 25.5 Å². The SMILES string of the molecule is CCOc1cc(F)ccc1NC(=O)C(N)CCS(C)(=O)=O. The molecule has 1 atom stereocenters. The van der Waals surface area contributed by atoms with Crippen molar-refractivity contribution in [2.75, 3.05) is 23.9 Å².